The molecule has 2 unspecified atom stereocenters. The molecular formula is C15H13Cl3F3N. The highest BCUT2D eigenvalue weighted by Gasteiger charge is 2.35. The fourth-order valence-electron chi connectivity index (χ4n) is 2.44. The fourth-order valence-corrected chi connectivity index (χ4v) is 3.67. The van der Waals surface area contributed by atoms with Gasteiger partial charge in [0.15, 0.2) is 0 Å². The fraction of sp³-hybridized carbons (Fsp3) is 0.333. The highest BCUT2D eigenvalue weighted by atomic mass is 35.5. The Hall–Kier alpha value is -0.680. The molecule has 2 N–H and O–H groups in total. The van der Waals surface area contributed by atoms with Crippen LogP contribution >= 0.6 is 34.8 Å². The van der Waals surface area contributed by atoms with Gasteiger partial charge in [-0.25, -0.2) is 0 Å². The molecule has 2 atom stereocenters. The Morgan fingerprint density at radius 3 is 2.41 bits per heavy atom. The molecule has 1 aromatic carbocycles. The van der Waals surface area contributed by atoms with Crippen LogP contribution in [0.2, 0.25) is 0 Å². The van der Waals surface area contributed by atoms with Crippen LogP contribution in [0.1, 0.15) is 22.6 Å². The second-order valence-corrected chi connectivity index (χ2v) is 6.33. The monoisotopic (exact) mass is 369 g/mol. The second kappa shape index (κ2) is 6.83. The summed E-state index contributed by atoms with van der Waals surface area (Å²) in [6.07, 6.45) is -1.26. The molecule has 0 aromatic heterocycles. The maximum absolute atomic E-state index is 13.2. The summed E-state index contributed by atoms with van der Waals surface area (Å²) in [7, 11) is 0. The number of allylic oxidation sites excluding steroid dienone is 4. The maximum Gasteiger partial charge on any atom is 0.416 e. The van der Waals surface area contributed by atoms with Crippen molar-refractivity contribution in [1.29, 1.82) is 0 Å². The van der Waals surface area contributed by atoms with E-state index in [4.69, 9.17) is 40.5 Å². The molecule has 22 heavy (non-hydrogen) atoms. The molecule has 0 fully saturated rings. The summed E-state index contributed by atoms with van der Waals surface area (Å²) in [5.74, 6) is -0.557. The Balaban J connectivity index is 2.47. The summed E-state index contributed by atoms with van der Waals surface area (Å²) in [5.41, 5.74) is 5.23. The van der Waals surface area contributed by atoms with Crippen molar-refractivity contribution in [2.75, 3.05) is 6.54 Å². The minimum Gasteiger partial charge on any atom is -0.330 e. The molecule has 0 heterocycles. The van der Waals surface area contributed by atoms with Gasteiger partial charge in [0.2, 0.25) is 0 Å². The summed E-state index contributed by atoms with van der Waals surface area (Å²) >= 11 is 18.2. The first-order valence-corrected chi connectivity index (χ1v) is 7.72. The third-order valence-corrected chi connectivity index (χ3v) is 4.38. The van der Waals surface area contributed by atoms with Crippen LogP contribution in [0.25, 0.3) is 0 Å². The zero-order valence-corrected chi connectivity index (χ0v) is 13.6. The van der Waals surface area contributed by atoms with E-state index in [-0.39, 0.29) is 18.5 Å². The summed E-state index contributed by atoms with van der Waals surface area (Å²) < 4.78 is 39.7. The average molecular weight is 371 g/mol. The van der Waals surface area contributed by atoms with E-state index in [9.17, 15) is 13.2 Å². The van der Waals surface area contributed by atoms with Gasteiger partial charge in [0.05, 0.1) is 10.9 Å². The largest absolute Gasteiger partial charge is 0.416 e. The lowest BCUT2D eigenvalue weighted by molar-refractivity contribution is -0.138. The Morgan fingerprint density at radius 2 is 1.86 bits per heavy atom. The van der Waals surface area contributed by atoms with Gasteiger partial charge < -0.3 is 5.73 Å². The molecule has 7 heteroatoms. The number of rotatable bonds is 3. The first-order chi connectivity index (χ1) is 10.2. The quantitative estimate of drug-likeness (QED) is 0.731. The first kappa shape index (κ1) is 17.7. The van der Waals surface area contributed by atoms with E-state index in [1.54, 1.807) is 12.1 Å². The zero-order valence-electron chi connectivity index (χ0n) is 11.3. The molecule has 1 aromatic rings. The Bertz CT molecular complexity index is 623. The average Bonchev–Trinajstić information content (AvgIpc) is 2.38. The third kappa shape index (κ3) is 3.80. The second-order valence-electron chi connectivity index (χ2n) is 4.96. The Labute approximate surface area is 141 Å². The van der Waals surface area contributed by atoms with Crippen molar-refractivity contribution >= 4 is 34.8 Å². The highest BCUT2D eigenvalue weighted by Crippen LogP contribution is 2.42. The van der Waals surface area contributed by atoms with Crippen LogP contribution < -0.4 is 5.73 Å². The van der Waals surface area contributed by atoms with Crippen molar-refractivity contribution in [2.24, 2.45) is 5.73 Å². The van der Waals surface area contributed by atoms with Crippen molar-refractivity contribution in [2.45, 2.75) is 23.9 Å². The molecule has 0 aliphatic heterocycles. The molecule has 120 valence electrons. The number of alkyl halides is 4. The number of hydrogen-bond donors (Lipinski definition) is 1. The Kier molecular flexibility index (Phi) is 5.49. The highest BCUT2D eigenvalue weighted by molar-refractivity contribution is 6.37. The van der Waals surface area contributed by atoms with E-state index in [0.29, 0.717) is 15.6 Å². The number of benzene rings is 1. The summed E-state index contributed by atoms with van der Waals surface area (Å²) in [6, 6.07) is 4.12. The molecule has 0 spiro atoms. The van der Waals surface area contributed by atoms with Gasteiger partial charge in [0.1, 0.15) is 0 Å². The molecule has 1 aliphatic carbocycles. The van der Waals surface area contributed by atoms with Crippen LogP contribution in [0.4, 0.5) is 13.2 Å². The summed E-state index contributed by atoms with van der Waals surface area (Å²) in [5, 5.41) is 0.0793. The van der Waals surface area contributed by atoms with Gasteiger partial charge in [-0.2, -0.15) is 13.2 Å². The van der Waals surface area contributed by atoms with Gasteiger partial charge >= 0.3 is 6.18 Å². The van der Waals surface area contributed by atoms with Crippen LogP contribution in [0.3, 0.4) is 0 Å². The molecular weight excluding hydrogens is 358 g/mol. The van der Waals surface area contributed by atoms with Gasteiger partial charge in [0, 0.05) is 16.0 Å². The first-order valence-electron chi connectivity index (χ1n) is 6.52. The molecule has 1 aliphatic rings. The smallest absolute Gasteiger partial charge is 0.330 e. The van der Waals surface area contributed by atoms with Gasteiger partial charge in [-0.15, -0.1) is 11.6 Å². The molecule has 1 nitrogen and oxygen atoms in total. The lowest BCUT2D eigenvalue weighted by Crippen LogP contribution is -2.18. The minimum atomic E-state index is -4.46. The normalized spacial score (nSPS) is 22.3. The van der Waals surface area contributed by atoms with Gasteiger partial charge in [-0.05, 0) is 42.3 Å². The third-order valence-electron chi connectivity index (χ3n) is 3.42. The van der Waals surface area contributed by atoms with E-state index in [1.165, 1.54) is 12.1 Å². The zero-order chi connectivity index (χ0) is 16.5. The van der Waals surface area contributed by atoms with E-state index < -0.39 is 23.0 Å². The predicted molar refractivity (Wildman–Crippen MR) is 84.5 cm³/mol. The van der Waals surface area contributed by atoms with E-state index >= 15 is 0 Å². The summed E-state index contributed by atoms with van der Waals surface area (Å²) in [6.45, 7) is 0.142. The van der Waals surface area contributed by atoms with Gasteiger partial charge in [0.25, 0.3) is 0 Å². The van der Waals surface area contributed by atoms with E-state index in [0.717, 1.165) is 6.07 Å². The number of hydrogen-bond acceptors (Lipinski definition) is 1. The van der Waals surface area contributed by atoms with Crippen LogP contribution in [-0.2, 0) is 12.6 Å². The summed E-state index contributed by atoms with van der Waals surface area (Å²) in [4.78, 5) is 0. The molecule has 0 radical (unpaired) electrons. The van der Waals surface area contributed by atoms with Crippen molar-refractivity contribution in [3.05, 3.63) is 57.1 Å². The van der Waals surface area contributed by atoms with Crippen molar-refractivity contribution in [1.82, 2.24) is 0 Å². The lowest BCUT2D eigenvalue weighted by atomic mass is 9.88. The SMILES string of the molecule is NCCc1ccc(C2C(Cl)=CC(Cl)=CC2Cl)cc1C(F)(F)F. The number of halogens is 6. The van der Waals surface area contributed by atoms with Crippen LogP contribution in [-0.4, -0.2) is 11.9 Å². The van der Waals surface area contributed by atoms with Crippen LogP contribution in [0, 0.1) is 0 Å². The standard InChI is InChI=1S/C15H13Cl3F3N/c16-10-6-12(17)14(13(18)7-10)9-2-1-8(3-4-22)11(5-9)15(19,20)21/h1-2,5-7,12,14H,3-4,22H2. The van der Waals surface area contributed by atoms with E-state index in [2.05, 4.69) is 0 Å². The topological polar surface area (TPSA) is 26.0 Å². The van der Waals surface area contributed by atoms with Gasteiger partial charge in [-0.3, -0.25) is 0 Å². The van der Waals surface area contributed by atoms with E-state index in [1.807, 2.05) is 0 Å². The van der Waals surface area contributed by atoms with Crippen molar-refractivity contribution < 1.29 is 13.2 Å². The lowest BCUT2D eigenvalue weighted by Gasteiger charge is -2.25. The molecule has 0 saturated heterocycles. The Morgan fingerprint density at radius 1 is 1.18 bits per heavy atom. The van der Waals surface area contributed by atoms with Crippen molar-refractivity contribution in [3.63, 3.8) is 0 Å². The van der Waals surface area contributed by atoms with Crippen LogP contribution in [0.15, 0.2) is 40.4 Å². The van der Waals surface area contributed by atoms with Gasteiger partial charge in [-0.1, -0.05) is 35.3 Å². The molecule has 0 saturated carbocycles. The van der Waals surface area contributed by atoms with Crippen LogP contribution in [0.5, 0.6) is 0 Å². The molecule has 0 bridgehead atoms. The van der Waals surface area contributed by atoms with Crippen molar-refractivity contribution in [3.8, 4) is 0 Å². The predicted octanol–water partition coefficient (Wildman–Crippen LogP) is 5.16. The number of nitrogens with two attached hydrogens (primary N) is 1. The minimum absolute atomic E-state index is 0.142. The maximum atomic E-state index is 13.2. The molecule has 2 rings (SSSR count). The molecule has 0 amide bonds.